The number of piperazine rings is 1. The van der Waals surface area contributed by atoms with Gasteiger partial charge in [0, 0.05) is 26.2 Å². The van der Waals surface area contributed by atoms with Gasteiger partial charge in [-0.25, -0.2) is 0 Å². The molecule has 0 bridgehead atoms. The smallest absolute Gasteiger partial charge is 0.257 e. The summed E-state index contributed by atoms with van der Waals surface area (Å²) in [4.78, 5) is 28.5. The van der Waals surface area contributed by atoms with Crippen LogP contribution < -0.4 is 0 Å². The van der Waals surface area contributed by atoms with Gasteiger partial charge >= 0.3 is 0 Å². The maximum absolute atomic E-state index is 12.6. The summed E-state index contributed by atoms with van der Waals surface area (Å²) in [7, 11) is 0. The van der Waals surface area contributed by atoms with Crippen LogP contribution in [0.25, 0.3) is 0 Å². The first-order valence-electron chi connectivity index (χ1n) is 9.41. The molecule has 1 aromatic rings. The standard InChI is InChI=1S/C19H28N2O4/c1-15(25-17-6-4-2-3-5-7-17)18(22)20-9-11-21(12-10-20)19(23)16-8-13-24-14-16/h8,13-15,17H,2-7,9-12H2,1H3/t15-/m0/s1. The molecule has 0 unspecified atom stereocenters. The zero-order valence-electron chi connectivity index (χ0n) is 15.0. The molecule has 6 nitrogen and oxygen atoms in total. The van der Waals surface area contributed by atoms with Crippen LogP contribution in [0.3, 0.4) is 0 Å². The molecule has 138 valence electrons. The van der Waals surface area contributed by atoms with Gasteiger partial charge < -0.3 is 19.0 Å². The lowest BCUT2D eigenvalue weighted by molar-refractivity contribution is -0.148. The normalized spacial score (nSPS) is 21.0. The maximum Gasteiger partial charge on any atom is 0.257 e. The van der Waals surface area contributed by atoms with E-state index in [0.29, 0.717) is 31.7 Å². The van der Waals surface area contributed by atoms with E-state index in [1.807, 2.05) is 11.8 Å². The lowest BCUT2D eigenvalue weighted by Gasteiger charge is -2.36. The summed E-state index contributed by atoms with van der Waals surface area (Å²) >= 11 is 0. The van der Waals surface area contributed by atoms with E-state index in [2.05, 4.69) is 0 Å². The van der Waals surface area contributed by atoms with Crippen LogP contribution in [0.4, 0.5) is 0 Å². The van der Waals surface area contributed by atoms with Crippen molar-refractivity contribution in [3.05, 3.63) is 24.2 Å². The van der Waals surface area contributed by atoms with Crippen LogP contribution in [-0.4, -0.2) is 60.0 Å². The minimum absolute atomic E-state index is 0.0383. The number of rotatable bonds is 4. The second kappa shape index (κ2) is 8.52. The van der Waals surface area contributed by atoms with E-state index in [1.165, 1.54) is 38.2 Å². The number of nitrogens with zero attached hydrogens (tertiary/aromatic N) is 2. The average Bonchev–Trinajstić information content (AvgIpc) is 3.06. The van der Waals surface area contributed by atoms with Crippen LogP contribution in [0.5, 0.6) is 0 Å². The Labute approximate surface area is 149 Å². The molecule has 1 saturated carbocycles. The van der Waals surface area contributed by atoms with E-state index in [-0.39, 0.29) is 17.9 Å². The lowest BCUT2D eigenvalue weighted by atomic mass is 10.1. The van der Waals surface area contributed by atoms with E-state index in [0.717, 1.165) is 12.8 Å². The number of carbonyl (C=O) groups is 2. The fraction of sp³-hybridized carbons (Fsp3) is 0.684. The summed E-state index contributed by atoms with van der Waals surface area (Å²) < 4.78 is 11.0. The van der Waals surface area contributed by atoms with Crippen LogP contribution in [0.2, 0.25) is 0 Å². The molecule has 3 rings (SSSR count). The van der Waals surface area contributed by atoms with Crippen LogP contribution in [0.15, 0.2) is 23.0 Å². The van der Waals surface area contributed by atoms with Crippen LogP contribution in [0.1, 0.15) is 55.8 Å². The first kappa shape index (κ1) is 18.0. The molecule has 1 saturated heterocycles. The van der Waals surface area contributed by atoms with Crippen molar-refractivity contribution in [2.24, 2.45) is 0 Å². The van der Waals surface area contributed by atoms with Crippen LogP contribution in [0, 0.1) is 0 Å². The molecule has 1 atom stereocenters. The third-order valence-corrected chi connectivity index (χ3v) is 5.19. The Morgan fingerprint density at radius 2 is 1.72 bits per heavy atom. The molecule has 1 aromatic heterocycles. The van der Waals surface area contributed by atoms with Crippen molar-refractivity contribution in [1.29, 1.82) is 0 Å². The Balaban J connectivity index is 1.46. The van der Waals surface area contributed by atoms with Crippen molar-refractivity contribution in [2.45, 2.75) is 57.7 Å². The molecular weight excluding hydrogens is 320 g/mol. The van der Waals surface area contributed by atoms with Crippen LogP contribution in [-0.2, 0) is 9.53 Å². The first-order chi connectivity index (χ1) is 12.1. The Hall–Kier alpha value is -1.82. The molecule has 0 N–H and O–H groups in total. The third-order valence-electron chi connectivity index (χ3n) is 5.19. The third kappa shape index (κ3) is 4.63. The van der Waals surface area contributed by atoms with Gasteiger partial charge in [0.25, 0.3) is 11.8 Å². The van der Waals surface area contributed by atoms with Gasteiger partial charge in [0.05, 0.1) is 17.9 Å². The van der Waals surface area contributed by atoms with Gasteiger partial charge in [-0.1, -0.05) is 25.7 Å². The number of carbonyl (C=O) groups excluding carboxylic acids is 2. The largest absolute Gasteiger partial charge is 0.472 e. The molecular formula is C19H28N2O4. The highest BCUT2D eigenvalue weighted by molar-refractivity contribution is 5.94. The molecule has 0 aromatic carbocycles. The van der Waals surface area contributed by atoms with Crippen molar-refractivity contribution in [2.75, 3.05) is 26.2 Å². The van der Waals surface area contributed by atoms with Crippen molar-refractivity contribution >= 4 is 11.8 Å². The maximum atomic E-state index is 12.6. The number of furan rings is 1. The highest BCUT2D eigenvalue weighted by Crippen LogP contribution is 2.21. The summed E-state index contributed by atoms with van der Waals surface area (Å²) in [5.74, 6) is 0.00302. The Morgan fingerprint density at radius 1 is 1.08 bits per heavy atom. The predicted molar refractivity (Wildman–Crippen MR) is 93.2 cm³/mol. The van der Waals surface area contributed by atoms with E-state index in [1.54, 1.807) is 11.0 Å². The van der Waals surface area contributed by atoms with Gasteiger partial charge in [0.15, 0.2) is 0 Å². The van der Waals surface area contributed by atoms with E-state index in [4.69, 9.17) is 9.15 Å². The number of ether oxygens (including phenoxy) is 1. The molecule has 6 heteroatoms. The number of hydrogen-bond donors (Lipinski definition) is 0. The molecule has 25 heavy (non-hydrogen) atoms. The Bertz CT molecular complexity index is 556. The number of amides is 2. The second-order valence-electron chi connectivity index (χ2n) is 7.02. The summed E-state index contributed by atoms with van der Waals surface area (Å²) in [6.45, 7) is 4.07. The average molecular weight is 348 g/mol. The predicted octanol–water partition coefficient (Wildman–Crippen LogP) is 2.69. The first-order valence-corrected chi connectivity index (χ1v) is 9.41. The minimum Gasteiger partial charge on any atom is -0.472 e. The second-order valence-corrected chi connectivity index (χ2v) is 7.02. The fourth-order valence-corrected chi connectivity index (χ4v) is 3.68. The molecule has 2 amide bonds. The monoisotopic (exact) mass is 348 g/mol. The number of hydrogen-bond acceptors (Lipinski definition) is 4. The summed E-state index contributed by atoms with van der Waals surface area (Å²) in [5.41, 5.74) is 0.560. The van der Waals surface area contributed by atoms with Gasteiger partial charge in [-0.05, 0) is 25.8 Å². The Kier molecular flexibility index (Phi) is 6.13. The zero-order valence-corrected chi connectivity index (χ0v) is 15.0. The Morgan fingerprint density at radius 3 is 2.32 bits per heavy atom. The summed E-state index contributed by atoms with van der Waals surface area (Å²) in [6, 6.07) is 1.67. The van der Waals surface area contributed by atoms with Crippen molar-refractivity contribution in [3.63, 3.8) is 0 Å². The highest BCUT2D eigenvalue weighted by atomic mass is 16.5. The van der Waals surface area contributed by atoms with Crippen molar-refractivity contribution in [3.8, 4) is 0 Å². The van der Waals surface area contributed by atoms with Gasteiger partial charge in [-0.2, -0.15) is 0 Å². The molecule has 1 aliphatic carbocycles. The summed E-state index contributed by atoms with van der Waals surface area (Å²) in [6.07, 6.45) is 9.83. The molecule has 0 spiro atoms. The molecule has 2 fully saturated rings. The van der Waals surface area contributed by atoms with Gasteiger partial charge in [-0.3, -0.25) is 9.59 Å². The van der Waals surface area contributed by atoms with Gasteiger partial charge in [0.1, 0.15) is 12.4 Å². The zero-order chi connectivity index (χ0) is 17.6. The topological polar surface area (TPSA) is 63.0 Å². The fourth-order valence-electron chi connectivity index (χ4n) is 3.68. The van der Waals surface area contributed by atoms with E-state index in [9.17, 15) is 9.59 Å². The highest BCUT2D eigenvalue weighted by Gasteiger charge is 2.29. The van der Waals surface area contributed by atoms with E-state index < -0.39 is 6.10 Å². The SMILES string of the molecule is C[C@H](OC1CCCCCC1)C(=O)N1CCN(C(=O)c2ccoc2)CC1. The van der Waals surface area contributed by atoms with Crippen LogP contribution >= 0.6 is 0 Å². The van der Waals surface area contributed by atoms with E-state index >= 15 is 0 Å². The minimum atomic E-state index is -0.403. The molecule has 2 aliphatic rings. The lowest BCUT2D eigenvalue weighted by Crippen LogP contribution is -2.53. The van der Waals surface area contributed by atoms with Crippen molar-refractivity contribution < 1.29 is 18.7 Å². The molecule has 2 heterocycles. The molecule has 1 aliphatic heterocycles. The van der Waals surface area contributed by atoms with Crippen molar-refractivity contribution in [1.82, 2.24) is 9.80 Å². The quantitative estimate of drug-likeness (QED) is 0.785. The van der Waals surface area contributed by atoms with Gasteiger partial charge in [-0.15, -0.1) is 0 Å². The van der Waals surface area contributed by atoms with Gasteiger partial charge in [0.2, 0.25) is 0 Å². The molecule has 0 radical (unpaired) electrons. The summed E-state index contributed by atoms with van der Waals surface area (Å²) in [5, 5.41) is 0.